The lowest BCUT2D eigenvalue weighted by molar-refractivity contribution is -0.142. The number of nitrogens with one attached hydrogen (secondary N) is 1. The molecule has 0 aliphatic rings. The van der Waals surface area contributed by atoms with E-state index in [-0.39, 0.29) is 0 Å². The quantitative estimate of drug-likeness (QED) is 0.864. The van der Waals surface area contributed by atoms with E-state index >= 15 is 0 Å². The predicted molar refractivity (Wildman–Crippen MR) is 66.5 cm³/mol. The molecule has 1 aromatic carbocycles. The van der Waals surface area contributed by atoms with Gasteiger partial charge >= 0.3 is 12.1 Å². The van der Waals surface area contributed by atoms with Crippen LogP contribution >= 0.6 is 0 Å². The van der Waals surface area contributed by atoms with Crippen LogP contribution in [-0.2, 0) is 4.79 Å². The Morgan fingerprint density at radius 1 is 1.22 bits per heavy atom. The second-order valence-corrected chi connectivity index (χ2v) is 4.98. The lowest BCUT2D eigenvalue weighted by atomic mass is 9.87. The number of ether oxygens (including phenoxy) is 1. The minimum atomic E-state index is -1.09. The van der Waals surface area contributed by atoms with Crippen molar-refractivity contribution in [3.05, 3.63) is 30.3 Å². The molecule has 0 spiro atoms. The van der Waals surface area contributed by atoms with Gasteiger partial charge in [0.1, 0.15) is 11.8 Å². The van der Waals surface area contributed by atoms with Crippen molar-refractivity contribution in [1.29, 1.82) is 0 Å². The van der Waals surface area contributed by atoms with Crippen LogP contribution < -0.4 is 10.1 Å². The largest absolute Gasteiger partial charge is 0.480 e. The maximum atomic E-state index is 11.6. The van der Waals surface area contributed by atoms with E-state index in [0.717, 1.165) is 0 Å². The average molecular weight is 251 g/mol. The Balaban J connectivity index is 2.66. The van der Waals surface area contributed by atoms with Crippen molar-refractivity contribution in [2.24, 2.45) is 5.41 Å². The average Bonchev–Trinajstić information content (AvgIpc) is 2.25. The van der Waals surface area contributed by atoms with Crippen LogP contribution in [0.2, 0.25) is 0 Å². The monoisotopic (exact) mass is 251 g/mol. The first-order chi connectivity index (χ1) is 8.30. The summed E-state index contributed by atoms with van der Waals surface area (Å²) in [5.41, 5.74) is -0.596. The molecule has 0 saturated carbocycles. The van der Waals surface area contributed by atoms with Crippen molar-refractivity contribution < 1.29 is 19.4 Å². The standard InChI is InChI=1S/C13H17NO4/c1-13(2,3)10(11(15)16)14-12(17)18-9-7-5-4-6-8-9/h4-8,10H,1-3H3,(H,14,17)(H,15,16)/t10-/m1/s1. The Morgan fingerprint density at radius 2 is 1.78 bits per heavy atom. The third kappa shape index (κ3) is 4.08. The molecule has 0 fully saturated rings. The maximum Gasteiger partial charge on any atom is 0.413 e. The zero-order valence-electron chi connectivity index (χ0n) is 10.6. The number of hydrogen-bond donors (Lipinski definition) is 2. The number of carbonyl (C=O) groups is 2. The third-order valence-electron chi connectivity index (χ3n) is 2.33. The highest BCUT2D eigenvalue weighted by Crippen LogP contribution is 2.19. The van der Waals surface area contributed by atoms with E-state index in [0.29, 0.717) is 5.75 Å². The molecular weight excluding hydrogens is 234 g/mol. The number of aliphatic carboxylic acids is 1. The summed E-state index contributed by atoms with van der Waals surface area (Å²) in [7, 11) is 0. The van der Waals surface area contributed by atoms with Gasteiger partial charge in [0.25, 0.3) is 0 Å². The lowest BCUT2D eigenvalue weighted by Crippen LogP contribution is -2.49. The number of amides is 1. The fourth-order valence-electron chi connectivity index (χ4n) is 1.39. The summed E-state index contributed by atoms with van der Waals surface area (Å²) in [4.78, 5) is 22.6. The normalized spacial score (nSPS) is 12.6. The highest BCUT2D eigenvalue weighted by atomic mass is 16.6. The van der Waals surface area contributed by atoms with Crippen LogP contribution in [0.1, 0.15) is 20.8 Å². The lowest BCUT2D eigenvalue weighted by Gasteiger charge is -2.27. The van der Waals surface area contributed by atoms with Gasteiger partial charge in [-0.05, 0) is 17.5 Å². The number of para-hydroxylation sites is 1. The zero-order chi connectivity index (χ0) is 13.8. The molecule has 0 aromatic heterocycles. The molecule has 1 rings (SSSR count). The van der Waals surface area contributed by atoms with Gasteiger partial charge in [-0.15, -0.1) is 0 Å². The first-order valence-corrected chi connectivity index (χ1v) is 5.57. The molecule has 98 valence electrons. The number of benzene rings is 1. The number of carboxylic acids is 1. The van der Waals surface area contributed by atoms with E-state index in [1.165, 1.54) is 0 Å². The van der Waals surface area contributed by atoms with Gasteiger partial charge in [-0.25, -0.2) is 9.59 Å². The van der Waals surface area contributed by atoms with Gasteiger partial charge in [0.2, 0.25) is 0 Å². The summed E-state index contributed by atoms with van der Waals surface area (Å²) in [5, 5.41) is 11.4. The Morgan fingerprint density at radius 3 is 2.22 bits per heavy atom. The van der Waals surface area contributed by atoms with E-state index < -0.39 is 23.5 Å². The molecule has 0 saturated heterocycles. The fourth-order valence-corrected chi connectivity index (χ4v) is 1.39. The van der Waals surface area contributed by atoms with E-state index in [4.69, 9.17) is 9.84 Å². The SMILES string of the molecule is CC(C)(C)[C@H](NC(=O)Oc1ccccc1)C(=O)O. The van der Waals surface area contributed by atoms with Crippen LogP contribution in [0.15, 0.2) is 30.3 Å². The number of rotatable bonds is 3. The van der Waals surface area contributed by atoms with Gasteiger partial charge < -0.3 is 15.2 Å². The Bertz CT molecular complexity index is 422. The van der Waals surface area contributed by atoms with Crippen LogP contribution in [-0.4, -0.2) is 23.2 Å². The highest BCUT2D eigenvalue weighted by Gasteiger charge is 2.33. The van der Waals surface area contributed by atoms with Crippen LogP contribution in [0, 0.1) is 5.41 Å². The second kappa shape index (κ2) is 5.53. The minimum Gasteiger partial charge on any atom is -0.480 e. The number of hydrogen-bond acceptors (Lipinski definition) is 3. The van der Waals surface area contributed by atoms with Crippen LogP contribution in [0.4, 0.5) is 4.79 Å². The van der Waals surface area contributed by atoms with Crippen molar-refractivity contribution in [3.63, 3.8) is 0 Å². The molecule has 18 heavy (non-hydrogen) atoms. The van der Waals surface area contributed by atoms with Crippen molar-refractivity contribution in [2.75, 3.05) is 0 Å². The minimum absolute atomic E-state index is 0.369. The van der Waals surface area contributed by atoms with Gasteiger partial charge in [-0.3, -0.25) is 0 Å². The van der Waals surface area contributed by atoms with Gasteiger partial charge in [0.05, 0.1) is 0 Å². The van der Waals surface area contributed by atoms with Crippen molar-refractivity contribution in [1.82, 2.24) is 5.32 Å². The predicted octanol–water partition coefficient (Wildman–Crippen LogP) is 2.27. The molecule has 1 atom stereocenters. The van der Waals surface area contributed by atoms with Crippen LogP contribution in [0.3, 0.4) is 0 Å². The zero-order valence-corrected chi connectivity index (χ0v) is 10.6. The highest BCUT2D eigenvalue weighted by molar-refractivity contribution is 5.81. The molecule has 0 aliphatic heterocycles. The number of carboxylic acid groups (broad SMARTS) is 1. The molecule has 0 radical (unpaired) electrons. The summed E-state index contributed by atoms with van der Waals surface area (Å²) >= 11 is 0. The molecule has 0 aliphatic carbocycles. The van der Waals surface area contributed by atoms with E-state index in [1.54, 1.807) is 51.1 Å². The molecule has 5 heteroatoms. The summed E-state index contributed by atoms with van der Waals surface area (Å²) in [6.45, 7) is 5.19. The Labute approximate surface area is 106 Å². The van der Waals surface area contributed by atoms with Crippen molar-refractivity contribution in [3.8, 4) is 5.75 Å². The molecule has 0 bridgehead atoms. The molecule has 0 heterocycles. The maximum absolute atomic E-state index is 11.6. The van der Waals surface area contributed by atoms with Gasteiger partial charge in [0.15, 0.2) is 0 Å². The summed E-state index contributed by atoms with van der Waals surface area (Å²) in [6, 6.07) is 7.47. The summed E-state index contributed by atoms with van der Waals surface area (Å²) in [6.07, 6.45) is -0.775. The first-order valence-electron chi connectivity index (χ1n) is 5.57. The molecule has 1 aromatic rings. The topological polar surface area (TPSA) is 75.6 Å². The van der Waals surface area contributed by atoms with Crippen molar-refractivity contribution >= 4 is 12.1 Å². The first kappa shape index (κ1) is 14.0. The summed E-state index contributed by atoms with van der Waals surface area (Å²) < 4.78 is 4.98. The Hall–Kier alpha value is -2.04. The molecule has 1 amide bonds. The van der Waals surface area contributed by atoms with E-state index in [9.17, 15) is 9.59 Å². The van der Waals surface area contributed by atoms with Gasteiger partial charge in [0, 0.05) is 0 Å². The molecule has 0 unspecified atom stereocenters. The molecular formula is C13H17NO4. The smallest absolute Gasteiger partial charge is 0.413 e. The second-order valence-electron chi connectivity index (χ2n) is 4.98. The van der Waals surface area contributed by atoms with Crippen molar-refractivity contribution in [2.45, 2.75) is 26.8 Å². The van der Waals surface area contributed by atoms with Crippen LogP contribution in [0.5, 0.6) is 5.75 Å². The van der Waals surface area contributed by atoms with Gasteiger partial charge in [-0.2, -0.15) is 0 Å². The molecule has 5 nitrogen and oxygen atoms in total. The summed E-state index contributed by atoms with van der Waals surface area (Å²) in [5.74, 6) is -0.722. The number of carbonyl (C=O) groups excluding carboxylic acids is 1. The molecule has 2 N–H and O–H groups in total. The van der Waals surface area contributed by atoms with E-state index in [1.807, 2.05) is 0 Å². The van der Waals surface area contributed by atoms with Gasteiger partial charge in [-0.1, -0.05) is 39.0 Å². The third-order valence-corrected chi connectivity index (χ3v) is 2.33. The van der Waals surface area contributed by atoms with E-state index in [2.05, 4.69) is 5.32 Å². The van der Waals surface area contributed by atoms with Crippen LogP contribution in [0.25, 0.3) is 0 Å². The fraction of sp³-hybridized carbons (Fsp3) is 0.385. The Kier molecular flexibility index (Phi) is 4.31.